The molecule has 0 unspecified atom stereocenters. The standard InChI is InChI=1S/C17H28N4O3S/c1-20-10-7-15(8-11-20)21(2)12-9-17(22)19-25(23,24)16-5-3-14(13-18)4-6-16/h3-6,15H,7-13,18H2,1-2H3,(H,19,22). The van der Waals surface area contributed by atoms with Crippen LogP contribution in [-0.2, 0) is 21.4 Å². The minimum atomic E-state index is -3.83. The Morgan fingerprint density at radius 3 is 2.44 bits per heavy atom. The van der Waals surface area contributed by atoms with E-state index in [2.05, 4.69) is 21.6 Å². The van der Waals surface area contributed by atoms with Crippen molar-refractivity contribution >= 4 is 15.9 Å². The Balaban J connectivity index is 1.84. The number of rotatable bonds is 7. The van der Waals surface area contributed by atoms with Crippen LogP contribution in [0.15, 0.2) is 29.2 Å². The maximum Gasteiger partial charge on any atom is 0.264 e. The second-order valence-electron chi connectivity index (χ2n) is 6.64. The van der Waals surface area contributed by atoms with Gasteiger partial charge in [0.25, 0.3) is 10.0 Å². The average molecular weight is 369 g/mol. The first-order valence-corrected chi connectivity index (χ1v) is 10.0. The smallest absolute Gasteiger partial charge is 0.264 e. The maximum atomic E-state index is 12.2. The molecule has 1 aromatic rings. The lowest BCUT2D eigenvalue weighted by Gasteiger charge is -2.35. The van der Waals surface area contributed by atoms with Crippen LogP contribution < -0.4 is 10.5 Å². The number of carbonyl (C=O) groups excluding carboxylic acids is 1. The third-order valence-electron chi connectivity index (χ3n) is 4.72. The van der Waals surface area contributed by atoms with Crippen LogP contribution in [-0.4, -0.2) is 63.9 Å². The number of benzene rings is 1. The number of carbonyl (C=O) groups is 1. The third kappa shape index (κ3) is 5.78. The van der Waals surface area contributed by atoms with Crippen LogP contribution in [0.2, 0.25) is 0 Å². The molecule has 25 heavy (non-hydrogen) atoms. The Kier molecular flexibility index (Phi) is 6.95. The van der Waals surface area contributed by atoms with E-state index in [-0.39, 0.29) is 11.3 Å². The number of nitrogens with two attached hydrogens (primary N) is 1. The van der Waals surface area contributed by atoms with E-state index in [0.717, 1.165) is 31.5 Å². The largest absolute Gasteiger partial charge is 0.326 e. The minimum absolute atomic E-state index is 0.0710. The van der Waals surface area contributed by atoms with Crippen molar-refractivity contribution in [1.29, 1.82) is 0 Å². The molecule has 1 amide bonds. The summed E-state index contributed by atoms with van der Waals surface area (Å²) in [5, 5.41) is 0. The van der Waals surface area contributed by atoms with Crippen LogP contribution >= 0.6 is 0 Å². The van der Waals surface area contributed by atoms with Crippen molar-refractivity contribution in [2.75, 3.05) is 33.7 Å². The van der Waals surface area contributed by atoms with Crippen molar-refractivity contribution in [3.63, 3.8) is 0 Å². The van der Waals surface area contributed by atoms with E-state index < -0.39 is 15.9 Å². The molecule has 1 fully saturated rings. The number of nitrogens with zero attached hydrogens (tertiary/aromatic N) is 2. The maximum absolute atomic E-state index is 12.2. The number of piperidine rings is 1. The molecule has 0 bridgehead atoms. The summed E-state index contributed by atoms with van der Waals surface area (Å²) in [5.74, 6) is -0.484. The van der Waals surface area contributed by atoms with E-state index in [0.29, 0.717) is 19.1 Å². The second kappa shape index (κ2) is 8.75. The Hall–Kier alpha value is -1.48. The van der Waals surface area contributed by atoms with Gasteiger partial charge in [-0.1, -0.05) is 12.1 Å². The van der Waals surface area contributed by atoms with Crippen LogP contribution in [0, 0.1) is 0 Å². The van der Waals surface area contributed by atoms with Gasteiger partial charge in [0.2, 0.25) is 5.91 Å². The van der Waals surface area contributed by atoms with Gasteiger partial charge in [-0.2, -0.15) is 0 Å². The summed E-state index contributed by atoms with van der Waals surface area (Å²) in [6, 6.07) is 6.66. The predicted molar refractivity (Wildman–Crippen MR) is 97.4 cm³/mol. The van der Waals surface area contributed by atoms with Gasteiger partial charge in [-0.05, 0) is 57.7 Å². The zero-order valence-corrected chi connectivity index (χ0v) is 15.8. The zero-order chi connectivity index (χ0) is 18.4. The Morgan fingerprint density at radius 1 is 1.28 bits per heavy atom. The van der Waals surface area contributed by atoms with Crippen molar-refractivity contribution < 1.29 is 13.2 Å². The summed E-state index contributed by atoms with van der Waals surface area (Å²) in [4.78, 5) is 16.6. The molecule has 7 nitrogen and oxygen atoms in total. The van der Waals surface area contributed by atoms with Gasteiger partial charge in [0.05, 0.1) is 4.90 Å². The van der Waals surface area contributed by atoms with Crippen LogP contribution in [0.5, 0.6) is 0 Å². The molecule has 2 rings (SSSR count). The fraction of sp³-hybridized carbons (Fsp3) is 0.588. The molecule has 1 saturated heterocycles. The van der Waals surface area contributed by atoms with Gasteiger partial charge < -0.3 is 15.5 Å². The monoisotopic (exact) mass is 368 g/mol. The fourth-order valence-electron chi connectivity index (χ4n) is 2.96. The lowest BCUT2D eigenvalue weighted by molar-refractivity contribution is -0.119. The van der Waals surface area contributed by atoms with Gasteiger partial charge in [-0.15, -0.1) is 0 Å². The van der Waals surface area contributed by atoms with E-state index in [1.54, 1.807) is 12.1 Å². The summed E-state index contributed by atoms with van der Waals surface area (Å²) >= 11 is 0. The van der Waals surface area contributed by atoms with E-state index in [1.165, 1.54) is 12.1 Å². The second-order valence-corrected chi connectivity index (χ2v) is 8.32. The van der Waals surface area contributed by atoms with Gasteiger partial charge in [-0.25, -0.2) is 13.1 Å². The van der Waals surface area contributed by atoms with Crippen molar-refractivity contribution in [3.8, 4) is 0 Å². The zero-order valence-electron chi connectivity index (χ0n) is 14.9. The van der Waals surface area contributed by atoms with E-state index in [1.807, 2.05) is 7.05 Å². The summed E-state index contributed by atoms with van der Waals surface area (Å²) in [6.45, 7) is 2.99. The molecular formula is C17H28N4O3S. The molecule has 0 saturated carbocycles. The van der Waals surface area contributed by atoms with Gasteiger partial charge in [0.1, 0.15) is 0 Å². The van der Waals surface area contributed by atoms with Crippen molar-refractivity contribution in [3.05, 3.63) is 29.8 Å². The first kappa shape index (κ1) is 19.8. The first-order valence-electron chi connectivity index (χ1n) is 8.55. The molecular weight excluding hydrogens is 340 g/mol. The summed E-state index contributed by atoms with van der Waals surface area (Å²) in [7, 11) is 0.265. The average Bonchev–Trinajstić information content (AvgIpc) is 2.60. The molecule has 0 radical (unpaired) electrons. The van der Waals surface area contributed by atoms with Gasteiger partial charge in [0.15, 0.2) is 0 Å². The minimum Gasteiger partial charge on any atom is -0.326 e. The lowest BCUT2D eigenvalue weighted by Crippen LogP contribution is -2.43. The van der Waals surface area contributed by atoms with Crippen molar-refractivity contribution in [2.24, 2.45) is 5.73 Å². The number of nitrogens with one attached hydrogen (secondary N) is 1. The summed E-state index contributed by atoms with van der Waals surface area (Å²) < 4.78 is 26.6. The molecule has 1 aliphatic rings. The van der Waals surface area contributed by atoms with Crippen LogP contribution in [0.1, 0.15) is 24.8 Å². The molecule has 0 aromatic heterocycles. The fourth-order valence-corrected chi connectivity index (χ4v) is 3.97. The molecule has 0 atom stereocenters. The molecule has 3 N–H and O–H groups in total. The number of likely N-dealkylation sites (tertiary alicyclic amines) is 1. The molecule has 1 heterocycles. The van der Waals surface area contributed by atoms with Crippen molar-refractivity contribution in [1.82, 2.24) is 14.5 Å². The summed E-state index contributed by atoms with van der Waals surface area (Å²) in [5.41, 5.74) is 6.34. The van der Waals surface area contributed by atoms with Gasteiger partial charge >= 0.3 is 0 Å². The number of hydrogen-bond acceptors (Lipinski definition) is 6. The van der Waals surface area contributed by atoms with E-state index >= 15 is 0 Å². The highest BCUT2D eigenvalue weighted by Gasteiger charge is 2.22. The number of amides is 1. The highest BCUT2D eigenvalue weighted by atomic mass is 32.2. The van der Waals surface area contributed by atoms with Crippen molar-refractivity contribution in [2.45, 2.75) is 36.7 Å². The van der Waals surface area contributed by atoms with Crippen LogP contribution in [0.3, 0.4) is 0 Å². The Morgan fingerprint density at radius 2 is 1.88 bits per heavy atom. The lowest BCUT2D eigenvalue weighted by atomic mass is 10.0. The topological polar surface area (TPSA) is 95.7 Å². The highest BCUT2D eigenvalue weighted by molar-refractivity contribution is 7.90. The molecule has 8 heteroatoms. The van der Waals surface area contributed by atoms with Gasteiger partial charge in [-0.3, -0.25) is 4.79 Å². The molecule has 1 aliphatic heterocycles. The highest BCUT2D eigenvalue weighted by Crippen LogP contribution is 2.14. The predicted octanol–water partition coefficient (Wildman–Crippen LogP) is 0.366. The van der Waals surface area contributed by atoms with Crippen LogP contribution in [0.25, 0.3) is 0 Å². The van der Waals surface area contributed by atoms with E-state index in [9.17, 15) is 13.2 Å². The summed E-state index contributed by atoms with van der Waals surface area (Å²) in [6.07, 6.45) is 2.30. The Labute approximate surface area is 150 Å². The van der Waals surface area contributed by atoms with Gasteiger partial charge in [0, 0.05) is 25.6 Å². The van der Waals surface area contributed by atoms with E-state index in [4.69, 9.17) is 5.73 Å². The Bertz CT molecular complexity index is 668. The molecule has 140 valence electrons. The molecule has 0 spiro atoms. The number of sulfonamides is 1. The third-order valence-corrected chi connectivity index (χ3v) is 6.11. The van der Waals surface area contributed by atoms with Crippen LogP contribution in [0.4, 0.5) is 0 Å². The quantitative estimate of drug-likeness (QED) is 0.722. The normalized spacial score (nSPS) is 17.0. The SMILES string of the molecule is CN1CCC(N(C)CCC(=O)NS(=O)(=O)c2ccc(CN)cc2)CC1. The number of hydrogen-bond donors (Lipinski definition) is 2. The first-order chi connectivity index (χ1) is 11.8. The molecule has 1 aromatic carbocycles. The molecule has 0 aliphatic carbocycles.